The van der Waals surface area contributed by atoms with Crippen molar-refractivity contribution in [3.05, 3.63) is 105 Å². The van der Waals surface area contributed by atoms with Crippen molar-refractivity contribution in [2.45, 2.75) is 83.1 Å². The number of fused-ring (bicyclic) bond motifs is 2. The Hall–Kier alpha value is -6.62. The maximum Gasteiger partial charge on any atom is 0.272 e. The Labute approximate surface area is 362 Å². The third-order valence-corrected chi connectivity index (χ3v) is 11.8. The molecular formula is C46H51FN8O8. The molecule has 1 unspecified atom stereocenters. The molecule has 3 aliphatic heterocycles. The summed E-state index contributed by atoms with van der Waals surface area (Å²) in [6, 6.07) is 15.0. The van der Waals surface area contributed by atoms with Crippen molar-refractivity contribution in [2.24, 2.45) is 0 Å². The number of piperazine rings is 1. The summed E-state index contributed by atoms with van der Waals surface area (Å²) in [6.07, 6.45) is 8.60. The van der Waals surface area contributed by atoms with Crippen LogP contribution in [0, 0.1) is 5.82 Å². The normalized spacial score (nSPS) is 16.4. The predicted molar refractivity (Wildman–Crippen MR) is 230 cm³/mol. The van der Waals surface area contributed by atoms with E-state index < -0.39 is 41.4 Å². The van der Waals surface area contributed by atoms with Gasteiger partial charge in [-0.3, -0.25) is 48.6 Å². The molecule has 7 rings (SSSR count). The number of carbonyl (C=O) groups is 7. The molecule has 0 spiro atoms. The van der Waals surface area contributed by atoms with E-state index >= 15 is 0 Å². The molecule has 1 atom stereocenters. The molecule has 3 aromatic carbocycles. The van der Waals surface area contributed by atoms with Crippen LogP contribution in [-0.4, -0.2) is 112 Å². The van der Waals surface area contributed by atoms with E-state index in [-0.39, 0.29) is 59.1 Å². The molecule has 1 aromatic heterocycles. The van der Waals surface area contributed by atoms with Gasteiger partial charge in [-0.1, -0.05) is 68.9 Å². The lowest BCUT2D eigenvalue weighted by Crippen LogP contribution is -2.54. The minimum Gasteiger partial charge on any atom is -0.339 e. The second kappa shape index (κ2) is 20.5. The number of H-pyrrole nitrogens is 1. The average molecular weight is 863 g/mol. The minimum absolute atomic E-state index is 0.0155. The van der Waals surface area contributed by atoms with E-state index in [0.29, 0.717) is 67.6 Å². The molecule has 4 N–H and O–H groups in total. The summed E-state index contributed by atoms with van der Waals surface area (Å²) in [7, 11) is 0. The Morgan fingerprint density at radius 2 is 1.48 bits per heavy atom. The Morgan fingerprint density at radius 3 is 2.22 bits per heavy atom. The molecule has 4 heterocycles. The van der Waals surface area contributed by atoms with E-state index in [1.165, 1.54) is 24.3 Å². The molecule has 330 valence electrons. The van der Waals surface area contributed by atoms with Crippen LogP contribution in [0.2, 0.25) is 0 Å². The maximum absolute atomic E-state index is 14.9. The van der Waals surface area contributed by atoms with Gasteiger partial charge in [0, 0.05) is 50.8 Å². The molecule has 7 amide bonds. The van der Waals surface area contributed by atoms with Crippen LogP contribution in [0.3, 0.4) is 0 Å². The van der Waals surface area contributed by atoms with Crippen molar-refractivity contribution in [2.75, 3.05) is 44.6 Å². The quantitative estimate of drug-likeness (QED) is 0.0832. The summed E-state index contributed by atoms with van der Waals surface area (Å²) in [5.74, 6) is -3.82. The standard InChI is InChI=1S/C46H51FN8O8/c47-34-18-17-29(27-36-30-12-8-9-13-31(30)42(59)52-51-36)26-33(34)44(61)54-24-22-53(23-25-54)40(58)16-7-5-3-1-2-4-6-10-21-48-28-39(57)49-35-15-11-14-32-41(35)46(63)55(45(32)62)37-19-20-38(56)50-43(37)60/h8-9,11-15,17-18,26,37,48H,1-7,10,16,19-25,27-28H2,(H,49,57)(H,52,59)(H,50,56,60). The highest BCUT2D eigenvalue weighted by atomic mass is 19.1. The lowest BCUT2D eigenvalue weighted by Gasteiger charge is -2.35. The summed E-state index contributed by atoms with van der Waals surface area (Å²) in [5, 5.41) is 15.9. The fourth-order valence-corrected chi connectivity index (χ4v) is 8.44. The van der Waals surface area contributed by atoms with E-state index in [2.05, 4.69) is 26.1 Å². The number of piperidine rings is 1. The van der Waals surface area contributed by atoms with Crippen molar-refractivity contribution >= 4 is 57.8 Å². The van der Waals surface area contributed by atoms with Gasteiger partial charge in [-0.05, 0) is 61.7 Å². The minimum atomic E-state index is -1.09. The maximum atomic E-state index is 14.9. The molecule has 0 aliphatic carbocycles. The summed E-state index contributed by atoms with van der Waals surface area (Å²) in [4.78, 5) is 106. The highest BCUT2D eigenvalue weighted by molar-refractivity contribution is 6.26. The average Bonchev–Trinajstić information content (AvgIpc) is 3.54. The van der Waals surface area contributed by atoms with Crippen molar-refractivity contribution in [1.82, 2.24) is 35.5 Å². The van der Waals surface area contributed by atoms with Gasteiger partial charge in [0.25, 0.3) is 23.3 Å². The first-order valence-corrected chi connectivity index (χ1v) is 21.7. The first kappa shape index (κ1) is 44.4. The Bertz CT molecular complexity index is 2480. The number of carbonyl (C=O) groups excluding carboxylic acids is 7. The fraction of sp³-hybridized carbons (Fsp3) is 0.413. The smallest absolute Gasteiger partial charge is 0.272 e. The predicted octanol–water partition coefficient (Wildman–Crippen LogP) is 4.08. The van der Waals surface area contributed by atoms with Gasteiger partial charge in [0.1, 0.15) is 11.9 Å². The topological polar surface area (TPSA) is 211 Å². The van der Waals surface area contributed by atoms with Crippen LogP contribution >= 0.6 is 0 Å². The van der Waals surface area contributed by atoms with E-state index in [4.69, 9.17) is 0 Å². The highest BCUT2D eigenvalue weighted by Gasteiger charge is 2.45. The number of hydrogen-bond acceptors (Lipinski definition) is 10. The van der Waals surface area contributed by atoms with Crippen molar-refractivity contribution in [1.29, 1.82) is 0 Å². The summed E-state index contributed by atoms with van der Waals surface area (Å²) in [6.45, 7) is 2.07. The van der Waals surface area contributed by atoms with Crippen LogP contribution in [0.5, 0.6) is 0 Å². The zero-order chi connectivity index (χ0) is 44.5. The van der Waals surface area contributed by atoms with Gasteiger partial charge in [0.2, 0.25) is 23.6 Å². The number of amides is 7. The van der Waals surface area contributed by atoms with Crippen molar-refractivity contribution < 1.29 is 38.0 Å². The number of aromatic nitrogens is 2. The number of nitrogens with one attached hydrogen (secondary N) is 4. The van der Waals surface area contributed by atoms with Crippen LogP contribution in [0.25, 0.3) is 10.8 Å². The molecule has 0 radical (unpaired) electrons. The van der Waals surface area contributed by atoms with Gasteiger partial charge in [0.15, 0.2) is 0 Å². The highest BCUT2D eigenvalue weighted by Crippen LogP contribution is 2.32. The molecule has 0 saturated carbocycles. The van der Waals surface area contributed by atoms with Gasteiger partial charge >= 0.3 is 0 Å². The number of unbranched alkanes of at least 4 members (excludes halogenated alkanes) is 7. The van der Waals surface area contributed by atoms with Crippen molar-refractivity contribution in [3.63, 3.8) is 0 Å². The zero-order valence-electron chi connectivity index (χ0n) is 35.0. The second-order valence-electron chi connectivity index (χ2n) is 16.2. The first-order chi connectivity index (χ1) is 30.5. The van der Waals surface area contributed by atoms with Gasteiger partial charge < -0.3 is 20.4 Å². The lowest BCUT2D eigenvalue weighted by molar-refractivity contribution is -0.136. The molecule has 0 bridgehead atoms. The largest absolute Gasteiger partial charge is 0.339 e. The number of halogens is 1. The molecule has 3 aliphatic rings. The third kappa shape index (κ3) is 10.5. The summed E-state index contributed by atoms with van der Waals surface area (Å²) in [5.41, 5.74) is 1.30. The molecule has 63 heavy (non-hydrogen) atoms. The fourth-order valence-electron chi connectivity index (χ4n) is 8.44. The van der Waals surface area contributed by atoms with Crippen LogP contribution in [0.1, 0.15) is 113 Å². The Balaban J connectivity index is 0.728. The van der Waals surface area contributed by atoms with Crippen LogP contribution in [0.15, 0.2) is 65.5 Å². The summed E-state index contributed by atoms with van der Waals surface area (Å²) < 4.78 is 14.9. The van der Waals surface area contributed by atoms with Gasteiger partial charge in [-0.15, -0.1) is 0 Å². The Kier molecular flexibility index (Phi) is 14.5. The molecule has 2 saturated heterocycles. The van der Waals surface area contributed by atoms with E-state index in [1.54, 1.807) is 34.1 Å². The van der Waals surface area contributed by atoms with Crippen molar-refractivity contribution in [3.8, 4) is 0 Å². The first-order valence-electron chi connectivity index (χ1n) is 21.7. The van der Waals surface area contributed by atoms with E-state index in [9.17, 15) is 42.7 Å². The molecular weight excluding hydrogens is 812 g/mol. The van der Waals surface area contributed by atoms with Crippen LogP contribution < -0.4 is 21.5 Å². The number of benzene rings is 3. The van der Waals surface area contributed by atoms with E-state index in [0.717, 1.165) is 56.3 Å². The SMILES string of the molecule is O=C1CCC(N2C(=O)c3cccc(NC(=O)CNCCCCCCCCCCC(=O)N4CCN(C(=O)c5cc(Cc6n[nH]c(=O)c7ccccc67)ccc5F)CC4)c3C2=O)C(=O)N1. The van der Waals surface area contributed by atoms with Crippen LogP contribution in [-0.2, 0) is 25.6 Å². The number of anilines is 1. The molecule has 2 fully saturated rings. The Morgan fingerprint density at radius 1 is 0.778 bits per heavy atom. The number of imide groups is 2. The molecule has 16 nitrogen and oxygen atoms in total. The zero-order valence-corrected chi connectivity index (χ0v) is 35.0. The monoisotopic (exact) mass is 862 g/mol. The third-order valence-electron chi connectivity index (χ3n) is 11.8. The molecule has 4 aromatic rings. The van der Waals surface area contributed by atoms with Gasteiger partial charge in [-0.2, -0.15) is 5.10 Å². The number of aromatic amines is 1. The van der Waals surface area contributed by atoms with Gasteiger partial charge in [0.05, 0.1) is 40.0 Å². The second-order valence-corrected chi connectivity index (χ2v) is 16.2. The number of hydrogen-bond donors (Lipinski definition) is 4. The number of nitrogens with zero attached hydrogens (tertiary/aromatic N) is 4. The number of rotatable bonds is 18. The van der Waals surface area contributed by atoms with Crippen LogP contribution in [0.4, 0.5) is 10.1 Å². The van der Waals surface area contributed by atoms with E-state index in [1.807, 2.05) is 12.1 Å². The lowest BCUT2D eigenvalue weighted by atomic mass is 10.0. The molecule has 17 heteroatoms. The van der Waals surface area contributed by atoms with Gasteiger partial charge in [-0.25, -0.2) is 9.49 Å². The summed E-state index contributed by atoms with van der Waals surface area (Å²) >= 11 is 0.